The lowest BCUT2D eigenvalue weighted by Gasteiger charge is -2.35. The zero-order chi connectivity index (χ0) is 24.8. The Labute approximate surface area is 209 Å². The number of rotatable bonds is 9. The van der Waals surface area contributed by atoms with Crippen LogP contribution < -0.4 is 18.9 Å². The molecule has 1 fully saturated rings. The molecule has 1 aliphatic heterocycles. The van der Waals surface area contributed by atoms with E-state index in [9.17, 15) is 0 Å². The number of hydrogen-bond acceptors (Lipinski definition) is 6. The van der Waals surface area contributed by atoms with Crippen molar-refractivity contribution < 1.29 is 18.9 Å². The van der Waals surface area contributed by atoms with Gasteiger partial charge in [0.2, 0.25) is 5.75 Å². The van der Waals surface area contributed by atoms with Gasteiger partial charge in [-0.15, -0.1) is 0 Å². The summed E-state index contributed by atoms with van der Waals surface area (Å²) in [5.74, 6) is 2.97. The number of aryl methyl sites for hydroxylation is 1. The Morgan fingerprint density at radius 1 is 0.629 bits per heavy atom. The molecule has 0 aromatic heterocycles. The molecule has 0 bridgehead atoms. The number of methoxy groups -OCH3 is 4. The molecular weight excluding hydrogens is 440 g/mol. The lowest BCUT2D eigenvalue weighted by molar-refractivity contribution is 0.121. The number of piperazine rings is 1. The summed E-state index contributed by atoms with van der Waals surface area (Å²) in [6.45, 7) is 8.03. The summed E-state index contributed by atoms with van der Waals surface area (Å²) in [6, 6.07) is 19.2. The molecule has 0 N–H and O–H groups in total. The molecule has 1 saturated heterocycles. The van der Waals surface area contributed by atoms with Crippen molar-refractivity contribution in [3.63, 3.8) is 0 Å². The van der Waals surface area contributed by atoms with Gasteiger partial charge in [0.25, 0.3) is 0 Å². The van der Waals surface area contributed by atoms with E-state index < -0.39 is 0 Å². The van der Waals surface area contributed by atoms with E-state index in [1.165, 1.54) is 22.3 Å². The monoisotopic (exact) mass is 476 g/mol. The van der Waals surface area contributed by atoms with E-state index in [1.54, 1.807) is 28.4 Å². The molecule has 1 heterocycles. The number of nitrogens with zero attached hydrogens (tertiary/aromatic N) is 2. The van der Waals surface area contributed by atoms with Crippen LogP contribution in [0.25, 0.3) is 11.1 Å². The van der Waals surface area contributed by atoms with Crippen molar-refractivity contribution in [2.45, 2.75) is 20.0 Å². The first-order valence-corrected chi connectivity index (χ1v) is 12.0. The SMILES string of the molecule is COc1ccc(-c2cc(C)cc(CN3CCN(Cc4ccc(OC)c(OC)c4OC)CC3)c2)cc1. The van der Waals surface area contributed by atoms with Gasteiger partial charge in [-0.05, 0) is 47.9 Å². The second-order valence-corrected chi connectivity index (χ2v) is 8.98. The predicted octanol–water partition coefficient (Wildman–Crippen LogP) is 5.01. The number of hydrogen-bond donors (Lipinski definition) is 0. The van der Waals surface area contributed by atoms with E-state index in [0.717, 1.165) is 56.3 Å². The second-order valence-electron chi connectivity index (χ2n) is 8.98. The molecule has 6 nitrogen and oxygen atoms in total. The summed E-state index contributed by atoms with van der Waals surface area (Å²) in [4.78, 5) is 5.01. The molecule has 3 aromatic rings. The van der Waals surface area contributed by atoms with Gasteiger partial charge in [0.1, 0.15) is 5.75 Å². The van der Waals surface area contributed by atoms with Crippen molar-refractivity contribution in [1.29, 1.82) is 0 Å². The highest BCUT2D eigenvalue weighted by atomic mass is 16.5. The third-order valence-corrected chi connectivity index (χ3v) is 6.61. The van der Waals surface area contributed by atoms with Gasteiger partial charge in [-0.25, -0.2) is 0 Å². The van der Waals surface area contributed by atoms with E-state index in [4.69, 9.17) is 18.9 Å². The Bertz CT molecular complexity index is 1120. The summed E-state index contributed by atoms with van der Waals surface area (Å²) in [7, 11) is 6.67. The third kappa shape index (κ3) is 5.89. The molecule has 186 valence electrons. The van der Waals surface area contributed by atoms with Crippen LogP contribution >= 0.6 is 0 Å². The van der Waals surface area contributed by atoms with E-state index in [1.807, 2.05) is 18.2 Å². The Balaban J connectivity index is 1.39. The standard InChI is InChI=1S/C29H36N2O4/c1-21-16-22(18-25(17-21)23-6-9-26(32-2)10-7-23)19-30-12-14-31(15-13-30)20-24-8-11-27(33-3)29(35-5)28(24)34-4/h6-11,16-18H,12-15,19-20H2,1-5H3. The first-order valence-electron chi connectivity index (χ1n) is 12.0. The molecule has 0 aliphatic carbocycles. The maximum Gasteiger partial charge on any atom is 0.203 e. The highest BCUT2D eigenvalue weighted by molar-refractivity contribution is 5.66. The third-order valence-electron chi connectivity index (χ3n) is 6.61. The Morgan fingerprint density at radius 2 is 1.29 bits per heavy atom. The fraction of sp³-hybridized carbons (Fsp3) is 0.379. The molecule has 0 amide bonds. The summed E-state index contributed by atoms with van der Waals surface area (Å²) >= 11 is 0. The van der Waals surface area contributed by atoms with Crippen LogP contribution in [-0.2, 0) is 13.1 Å². The maximum absolute atomic E-state index is 5.67. The fourth-order valence-corrected chi connectivity index (χ4v) is 4.80. The average Bonchev–Trinajstić information content (AvgIpc) is 2.89. The van der Waals surface area contributed by atoms with Crippen LogP contribution in [0.15, 0.2) is 54.6 Å². The lowest BCUT2D eigenvalue weighted by Crippen LogP contribution is -2.45. The van der Waals surface area contributed by atoms with Gasteiger partial charge in [-0.3, -0.25) is 9.80 Å². The van der Waals surface area contributed by atoms with Crippen LogP contribution in [0.3, 0.4) is 0 Å². The van der Waals surface area contributed by atoms with Crippen molar-refractivity contribution in [1.82, 2.24) is 9.80 Å². The van der Waals surface area contributed by atoms with Crippen molar-refractivity contribution in [3.05, 3.63) is 71.3 Å². The molecule has 0 atom stereocenters. The van der Waals surface area contributed by atoms with Crippen LogP contribution in [0.2, 0.25) is 0 Å². The van der Waals surface area contributed by atoms with E-state index >= 15 is 0 Å². The fourth-order valence-electron chi connectivity index (χ4n) is 4.80. The van der Waals surface area contributed by atoms with Crippen molar-refractivity contribution in [3.8, 4) is 34.1 Å². The Kier molecular flexibility index (Phi) is 8.16. The Morgan fingerprint density at radius 3 is 1.89 bits per heavy atom. The summed E-state index contributed by atoms with van der Waals surface area (Å²) in [5, 5.41) is 0. The smallest absolute Gasteiger partial charge is 0.203 e. The van der Waals surface area contributed by atoms with Gasteiger partial charge in [0, 0.05) is 44.8 Å². The Hall–Kier alpha value is -3.22. The van der Waals surface area contributed by atoms with Crippen LogP contribution in [0.1, 0.15) is 16.7 Å². The second kappa shape index (κ2) is 11.5. The van der Waals surface area contributed by atoms with Crippen LogP contribution in [0.4, 0.5) is 0 Å². The number of ether oxygens (including phenoxy) is 4. The molecule has 1 aliphatic rings. The molecule has 0 unspecified atom stereocenters. The highest BCUT2D eigenvalue weighted by Crippen LogP contribution is 2.40. The van der Waals surface area contributed by atoms with Gasteiger partial charge >= 0.3 is 0 Å². The van der Waals surface area contributed by atoms with Gasteiger partial charge in [-0.2, -0.15) is 0 Å². The minimum atomic E-state index is 0.651. The van der Waals surface area contributed by atoms with E-state index in [-0.39, 0.29) is 0 Å². The van der Waals surface area contributed by atoms with E-state index in [2.05, 4.69) is 53.1 Å². The van der Waals surface area contributed by atoms with Crippen molar-refractivity contribution in [2.75, 3.05) is 54.6 Å². The molecule has 4 rings (SSSR count). The minimum Gasteiger partial charge on any atom is -0.497 e. The first-order chi connectivity index (χ1) is 17.0. The van der Waals surface area contributed by atoms with E-state index in [0.29, 0.717) is 11.5 Å². The van der Waals surface area contributed by atoms with Crippen molar-refractivity contribution in [2.24, 2.45) is 0 Å². The molecule has 3 aromatic carbocycles. The lowest BCUT2D eigenvalue weighted by atomic mass is 10.00. The first kappa shape index (κ1) is 24.9. The molecule has 35 heavy (non-hydrogen) atoms. The molecule has 0 saturated carbocycles. The maximum atomic E-state index is 5.67. The zero-order valence-electron chi connectivity index (χ0n) is 21.5. The minimum absolute atomic E-state index is 0.651. The zero-order valence-corrected chi connectivity index (χ0v) is 21.5. The van der Waals surface area contributed by atoms with Gasteiger partial charge in [0.05, 0.1) is 28.4 Å². The molecule has 0 spiro atoms. The van der Waals surface area contributed by atoms with Gasteiger partial charge in [-0.1, -0.05) is 35.9 Å². The molecule has 0 radical (unpaired) electrons. The van der Waals surface area contributed by atoms with Gasteiger partial charge in [0.15, 0.2) is 11.5 Å². The topological polar surface area (TPSA) is 43.4 Å². The van der Waals surface area contributed by atoms with Gasteiger partial charge < -0.3 is 18.9 Å². The number of benzene rings is 3. The summed E-state index contributed by atoms with van der Waals surface area (Å²) in [6.07, 6.45) is 0. The van der Waals surface area contributed by atoms with Crippen molar-refractivity contribution >= 4 is 0 Å². The predicted molar refractivity (Wildman–Crippen MR) is 140 cm³/mol. The average molecular weight is 477 g/mol. The summed E-state index contributed by atoms with van der Waals surface area (Å²) in [5.41, 5.74) is 6.21. The van der Waals surface area contributed by atoms with Crippen LogP contribution in [0.5, 0.6) is 23.0 Å². The molecular formula is C29H36N2O4. The highest BCUT2D eigenvalue weighted by Gasteiger charge is 2.21. The normalized spacial score (nSPS) is 14.5. The molecule has 6 heteroatoms. The quantitative estimate of drug-likeness (QED) is 0.432. The van der Waals surface area contributed by atoms with Crippen LogP contribution in [0, 0.1) is 6.92 Å². The largest absolute Gasteiger partial charge is 0.497 e. The summed E-state index contributed by atoms with van der Waals surface area (Å²) < 4.78 is 21.9. The van der Waals surface area contributed by atoms with Crippen LogP contribution in [-0.4, -0.2) is 64.4 Å².